The van der Waals surface area contributed by atoms with Crippen LogP contribution in [0, 0.1) is 0 Å². The molecule has 0 saturated carbocycles. The smallest absolute Gasteiger partial charge is 0.144 e. The van der Waals surface area contributed by atoms with Crippen LogP contribution in [0.1, 0.15) is 0 Å². The van der Waals surface area contributed by atoms with E-state index in [2.05, 4.69) is 229 Å². The van der Waals surface area contributed by atoms with Crippen molar-refractivity contribution in [3.63, 3.8) is 0 Å². The summed E-state index contributed by atoms with van der Waals surface area (Å²) in [5.74, 6) is 0. The number of para-hydroxylation sites is 2. The zero-order valence-corrected chi connectivity index (χ0v) is 34.1. The van der Waals surface area contributed by atoms with Gasteiger partial charge in [0.25, 0.3) is 0 Å². The van der Waals surface area contributed by atoms with Crippen molar-refractivity contribution < 1.29 is 4.42 Å². The summed E-state index contributed by atoms with van der Waals surface area (Å²) in [6.45, 7) is 0. The predicted octanol–water partition coefficient (Wildman–Crippen LogP) is 17.1. The monoisotopic (exact) mass is 797 g/mol. The highest BCUT2D eigenvalue weighted by atomic mass is 32.1. The van der Waals surface area contributed by atoms with E-state index >= 15 is 0 Å². The summed E-state index contributed by atoms with van der Waals surface area (Å²) in [6.07, 6.45) is 0. The first kappa shape index (κ1) is 36.4. The van der Waals surface area contributed by atoms with Gasteiger partial charge in [-0.2, -0.15) is 0 Å². The van der Waals surface area contributed by atoms with E-state index in [1.807, 2.05) is 12.1 Å². The standard InChI is InChI=1S/C58H39NOS/c1-3-10-40(11-4-1)42-18-22-44(23-19-42)46-26-32-49(33-27-46)59(50-34-28-47(29-35-50)45-24-20-43(21-25-45)41-12-5-2-6-13-41)51-36-30-48(31-37-51)56-38-39-57(61-56)54-16-9-15-53-52-14-7-8-17-55(52)60-58(53)54/h1-39H. The van der Waals surface area contributed by atoms with Crippen LogP contribution in [0.25, 0.3) is 87.3 Å². The first-order valence-corrected chi connectivity index (χ1v) is 21.5. The molecule has 61 heavy (non-hydrogen) atoms. The molecule has 0 amide bonds. The van der Waals surface area contributed by atoms with Gasteiger partial charge >= 0.3 is 0 Å². The van der Waals surface area contributed by atoms with Gasteiger partial charge in [0.05, 0.1) is 0 Å². The predicted molar refractivity (Wildman–Crippen MR) is 259 cm³/mol. The summed E-state index contributed by atoms with van der Waals surface area (Å²) in [7, 11) is 0. The fraction of sp³-hybridized carbons (Fsp3) is 0. The molecule has 288 valence electrons. The highest BCUT2D eigenvalue weighted by molar-refractivity contribution is 7.18. The van der Waals surface area contributed by atoms with Gasteiger partial charge in [-0.15, -0.1) is 11.3 Å². The minimum Gasteiger partial charge on any atom is -0.455 e. The van der Waals surface area contributed by atoms with Crippen molar-refractivity contribution in [2.75, 3.05) is 4.90 Å². The van der Waals surface area contributed by atoms with Crippen LogP contribution in [-0.4, -0.2) is 0 Å². The van der Waals surface area contributed by atoms with Crippen LogP contribution >= 0.6 is 11.3 Å². The van der Waals surface area contributed by atoms with Gasteiger partial charge in [-0.1, -0.05) is 176 Å². The van der Waals surface area contributed by atoms with Crippen molar-refractivity contribution in [1.82, 2.24) is 0 Å². The second kappa shape index (κ2) is 15.8. The van der Waals surface area contributed by atoms with Gasteiger partial charge in [0.15, 0.2) is 0 Å². The van der Waals surface area contributed by atoms with Crippen molar-refractivity contribution in [3.8, 4) is 65.4 Å². The number of furan rings is 1. The molecule has 0 aliphatic rings. The number of thiophene rings is 1. The summed E-state index contributed by atoms with van der Waals surface area (Å²) < 4.78 is 6.39. The maximum Gasteiger partial charge on any atom is 0.144 e. The van der Waals surface area contributed by atoms with Gasteiger partial charge in [0.2, 0.25) is 0 Å². The Morgan fingerprint density at radius 1 is 0.279 bits per heavy atom. The van der Waals surface area contributed by atoms with Crippen molar-refractivity contribution >= 4 is 50.3 Å². The van der Waals surface area contributed by atoms with E-state index in [1.54, 1.807) is 11.3 Å². The molecule has 0 bridgehead atoms. The van der Waals surface area contributed by atoms with Crippen molar-refractivity contribution in [2.24, 2.45) is 0 Å². The Morgan fingerprint density at radius 3 is 1.15 bits per heavy atom. The van der Waals surface area contributed by atoms with Crippen molar-refractivity contribution in [2.45, 2.75) is 0 Å². The number of benzene rings is 9. The second-order valence-electron chi connectivity index (χ2n) is 15.3. The fourth-order valence-corrected chi connectivity index (χ4v) is 9.41. The lowest BCUT2D eigenvalue weighted by Crippen LogP contribution is -2.09. The number of nitrogens with zero attached hydrogens (tertiary/aromatic N) is 1. The van der Waals surface area contributed by atoms with Crippen LogP contribution in [0.4, 0.5) is 17.1 Å². The van der Waals surface area contributed by atoms with Crippen molar-refractivity contribution in [3.05, 3.63) is 237 Å². The largest absolute Gasteiger partial charge is 0.455 e. The van der Waals surface area contributed by atoms with E-state index in [1.165, 1.54) is 59.8 Å². The molecule has 9 aromatic carbocycles. The highest BCUT2D eigenvalue weighted by Crippen LogP contribution is 2.42. The van der Waals surface area contributed by atoms with E-state index < -0.39 is 0 Å². The quantitative estimate of drug-likeness (QED) is 0.145. The molecule has 0 spiro atoms. The summed E-state index contributed by atoms with van der Waals surface area (Å²) in [5, 5.41) is 2.30. The van der Waals surface area contributed by atoms with Crippen molar-refractivity contribution in [1.29, 1.82) is 0 Å². The van der Waals surface area contributed by atoms with Gasteiger partial charge in [-0.25, -0.2) is 0 Å². The molecule has 0 fully saturated rings. The lowest BCUT2D eigenvalue weighted by Gasteiger charge is -2.26. The number of hydrogen-bond donors (Lipinski definition) is 0. The Morgan fingerprint density at radius 2 is 0.656 bits per heavy atom. The molecule has 0 atom stereocenters. The average molecular weight is 798 g/mol. The molecule has 0 saturated heterocycles. The Bertz CT molecular complexity index is 3110. The van der Waals surface area contributed by atoms with E-state index in [9.17, 15) is 0 Å². The Balaban J connectivity index is 0.908. The minimum atomic E-state index is 0.918. The zero-order valence-electron chi connectivity index (χ0n) is 33.3. The third-order valence-corrected chi connectivity index (χ3v) is 12.8. The maximum absolute atomic E-state index is 6.39. The number of fused-ring (bicyclic) bond motifs is 3. The maximum atomic E-state index is 6.39. The highest BCUT2D eigenvalue weighted by Gasteiger charge is 2.17. The lowest BCUT2D eigenvalue weighted by atomic mass is 9.99. The van der Waals surface area contributed by atoms with Gasteiger partial charge in [-0.3, -0.25) is 0 Å². The molecular weight excluding hydrogens is 759 g/mol. The third-order valence-electron chi connectivity index (χ3n) is 11.6. The van der Waals surface area contributed by atoms with Gasteiger partial charge in [0.1, 0.15) is 11.2 Å². The van der Waals surface area contributed by atoms with Gasteiger partial charge in [0, 0.05) is 43.2 Å². The van der Waals surface area contributed by atoms with Crippen LogP contribution in [0.2, 0.25) is 0 Å². The molecule has 0 aliphatic carbocycles. The molecule has 2 heterocycles. The number of hydrogen-bond acceptors (Lipinski definition) is 3. The van der Waals surface area contributed by atoms with E-state index in [4.69, 9.17) is 4.42 Å². The number of anilines is 3. The summed E-state index contributed by atoms with van der Waals surface area (Å²) in [5.41, 5.74) is 17.1. The molecule has 0 radical (unpaired) electrons. The fourth-order valence-electron chi connectivity index (χ4n) is 8.38. The summed E-state index contributed by atoms with van der Waals surface area (Å²) in [6, 6.07) is 84.7. The molecule has 3 heteroatoms. The Labute approximate surface area is 359 Å². The summed E-state index contributed by atoms with van der Waals surface area (Å²) in [4.78, 5) is 4.75. The molecule has 0 aliphatic heterocycles. The van der Waals surface area contributed by atoms with Crippen LogP contribution < -0.4 is 4.90 Å². The van der Waals surface area contributed by atoms with Crippen LogP contribution in [0.15, 0.2) is 241 Å². The molecule has 11 rings (SSSR count). The molecule has 2 aromatic heterocycles. The molecule has 0 N–H and O–H groups in total. The normalized spacial score (nSPS) is 11.3. The minimum absolute atomic E-state index is 0.918. The first-order chi connectivity index (χ1) is 30.2. The average Bonchev–Trinajstić information content (AvgIpc) is 3.99. The molecular formula is C58H39NOS. The zero-order chi connectivity index (χ0) is 40.5. The third kappa shape index (κ3) is 7.12. The van der Waals surface area contributed by atoms with Gasteiger partial charge < -0.3 is 9.32 Å². The van der Waals surface area contributed by atoms with Crippen LogP contribution in [0.5, 0.6) is 0 Å². The summed E-state index contributed by atoms with van der Waals surface area (Å²) >= 11 is 1.80. The molecule has 11 aromatic rings. The first-order valence-electron chi connectivity index (χ1n) is 20.6. The topological polar surface area (TPSA) is 16.4 Å². The van der Waals surface area contributed by atoms with E-state index in [0.717, 1.165) is 44.6 Å². The molecule has 0 unspecified atom stereocenters. The lowest BCUT2D eigenvalue weighted by molar-refractivity contribution is 0.670. The Hall–Kier alpha value is -7.72. The number of rotatable bonds is 9. The Kier molecular flexibility index (Phi) is 9.42. The SMILES string of the molecule is c1ccc(-c2ccc(-c3ccc(N(c4ccc(-c5ccc(-c6ccccc6)cc5)cc4)c4ccc(-c5ccc(-c6cccc7c6oc6ccccc67)s5)cc4)cc3)cc2)cc1. The second-order valence-corrected chi connectivity index (χ2v) is 16.4. The van der Waals surface area contributed by atoms with E-state index in [0.29, 0.717) is 0 Å². The molecule has 2 nitrogen and oxygen atoms in total. The van der Waals surface area contributed by atoms with E-state index in [-0.39, 0.29) is 0 Å². The van der Waals surface area contributed by atoms with Crippen LogP contribution in [0.3, 0.4) is 0 Å². The van der Waals surface area contributed by atoms with Gasteiger partial charge in [-0.05, 0) is 111 Å². The van der Waals surface area contributed by atoms with Crippen LogP contribution in [-0.2, 0) is 0 Å².